The fourth-order valence-electron chi connectivity index (χ4n) is 3.01. The van der Waals surface area contributed by atoms with Crippen molar-refractivity contribution in [1.82, 2.24) is 9.99 Å². The number of hydrogen-bond acceptors (Lipinski definition) is 3. The zero-order valence-corrected chi connectivity index (χ0v) is 19.5. The number of aromatic nitrogens is 1. The fraction of sp³-hybridized carbons (Fsp3) is 0.0909. The molecule has 0 spiro atoms. The second kappa shape index (κ2) is 8.16. The molecule has 5 nitrogen and oxygen atoms in total. The highest BCUT2D eigenvalue weighted by molar-refractivity contribution is 14.1. The third-order valence-corrected chi connectivity index (χ3v) is 5.93. The Kier molecular flexibility index (Phi) is 5.60. The SMILES string of the molecule is Cc1ccc(-n2cccc2/C=N\NC(=O)c2cc3cc(Br)cc(I)c3o2)cc1C. The Hall–Kier alpha value is -2.39. The minimum atomic E-state index is -0.395. The molecule has 2 aromatic carbocycles. The zero-order valence-electron chi connectivity index (χ0n) is 15.7. The summed E-state index contributed by atoms with van der Waals surface area (Å²) in [5.41, 5.74) is 7.60. The summed E-state index contributed by atoms with van der Waals surface area (Å²) in [5, 5.41) is 4.97. The van der Waals surface area contributed by atoms with Crippen molar-refractivity contribution >= 4 is 61.6 Å². The van der Waals surface area contributed by atoms with Gasteiger partial charge in [-0.05, 0) is 90.0 Å². The van der Waals surface area contributed by atoms with Crippen LogP contribution < -0.4 is 5.43 Å². The van der Waals surface area contributed by atoms with Crippen molar-refractivity contribution in [3.05, 3.63) is 85.4 Å². The van der Waals surface area contributed by atoms with Gasteiger partial charge in [0, 0.05) is 21.7 Å². The lowest BCUT2D eigenvalue weighted by Crippen LogP contribution is -2.17. The second-order valence-electron chi connectivity index (χ2n) is 6.69. The van der Waals surface area contributed by atoms with Crippen LogP contribution in [0.1, 0.15) is 27.4 Å². The van der Waals surface area contributed by atoms with Gasteiger partial charge >= 0.3 is 5.91 Å². The first-order valence-electron chi connectivity index (χ1n) is 8.89. The number of hydrazone groups is 1. The van der Waals surface area contributed by atoms with Crippen molar-refractivity contribution in [2.45, 2.75) is 13.8 Å². The Morgan fingerprint density at radius 1 is 1.17 bits per heavy atom. The van der Waals surface area contributed by atoms with Gasteiger partial charge in [-0.2, -0.15) is 5.10 Å². The van der Waals surface area contributed by atoms with Gasteiger partial charge in [0.15, 0.2) is 5.76 Å². The molecule has 0 bridgehead atoms. The summed E-state index contributed by atoms with van der Waals surface area (Å²) in [7, 11) is 0. The Bertz CT molecular complexity index is 1260. The molecule has 0 fully saturated rings. The maximum Gasteiger partial charge on any atom is 0.307 e. The number of fused-ring (bicyclic) bond motifs is 1. The quantitative estimate of drug-likeness (QED) is 0.189. The van der Waals surface area contributed by atoms with Crippen LogP contribution in [-0.4, -0.2) is 16.7 Å². The second-order valence-corrected chi connectivity index (χ2v) is 8.77. The molecule has 4 aromatic rings. The van der Waals surface area contributed by atoms with Crippen molar-refractivity contribution in [1.29, 1.82) is 0 Å². The van der Waals surface area contributed by atoms with E-state index in [0.717, 1.165) is 24.8 Å². The summed E-state index contributed by atoms with van der Waals surface area (Å²) in [4.78, 5) is 12.4. The van der Waals surface area contributed by atoms with E-state index in [-0.39, 0.29) is 5.76 Å². The molecule has 1 amide bonds. The van der Waals surface area contributed by atoms with Crippen LogP contribution in [0.4, 0.5) is 0 Å². The molecule has 0 saturated carbocycles. The van der Waals surface area contributed by atoms with Gasteiger partial charge in [-0.15, -0.1) is 0 Å². The molecule has 2 aromatic heterocycles. The van der Waals surface area contributed by atoms with E-state index in [9.17, 15) is 4.79 Å². The van der Waals surface area contributed by atoms with Crippen LogP contribution in [0.2, 0.25) is 0 Å². The molecule has 4 rings (SSSR count). The van der Waals surface area contributed by atoms with E-state index in [4.69, 9.17) is 4.42 Å². The molecule has 0 aliphatic carbocycles. The van der Waals surface area contributed by atoms with Gasteiger partial charge in [-0.3, -0.25) is 4.79 Å². The summed E-state index contributed by atoms with van der Waals surface area (Å²) in [6, 6.07) is 15.7. The average Bonchev–Trinajstić information content (AvgIpc) is 3.31. The number of nitrogens with one attached hydrogen (secondary N) is 1. The lowest BCUT2D eigenvalue weighted by molar-refractivity contribution is 0.0929. The summed E-state index contributed by atoms with van der Waals surface area (Å²) in [6.07, 6.45) is 3.59. The molecule has 0 unspecified atom stereocenters. The normalized spacial score (nSPS) is 11.4. The fourth-order valence-corrected chi connectivity index (χ4v) is 4.67. The standard InChI is InChI=1S/C22H17BrIN3O2/c1-13-5-6-17(8-14(13)2)27-7-3-4-18(27)12-25-26-22(28)20-10-15-9-16(23)11-19(24)21(15)29-20/h3-12H,1-2H3,(H,26,28)/b25-12-. The van der Waals surface area contributed by atoms with Crippen LogP contribution in [-0.2, 0) is 0 Å². The highest BCUT2D eigenvalue weighted by Gasteiger charge is 2.14. The van der Waals surface area contributed by atoms with E-state index in [1.807, 2.05) is 35.0 Å². The van der Waals surface area contributed by atoms with E-state index in [0.29, 0.717) is 5.58 Å². The molecule has 0 saturated heterocycles. The van der Waals surface area contributed by atoms with Crippen molar-refractivity contribution in [2.24, 2.45) is 5.10 Å². The maximum absolute atomic E-state index is 12.4. The number of nitrogens with zero attached hydrogens (tertiary/aromatic N) is 2. The molecular formula is C22H17BrIN3O2. The van der Waals surface area contributed by atoms with E-state index < -0.39 is 5.91 Å². The first kappa shape index (κ1) is 19.9. The predicted molar refractivity (Wildman–Crippen MR) is 127 cm³/mol. The lowest BCUT2D eigenvalue weighted by atomic mass is 10.1. The van der Waals surface area contributed by atoms with Crippen LogP contribution in [0.25, 0.3) is 16.7 Å². The molecule has 0 radical (unpaired) electrons. The minimum absolute atomic E-state index is 0.220. The first-order chi connectivity index (χ1) is 13.9. The van der Waals surface area contributed by atoms with Crippen molar-refractivity contribution < 1.29 is 9.21 Å². The van der Waals surface area contributed by atoms with Gasteiger partial charge in [-0.25, -0.2) is 5.43 Å². The first-order valence-corrected chi connectivity index (χ1v) is 10.8. The van der Waals surface area contributed by atoms with Gasteiger partial charge < -0.3 is 8.98 Å². The Morgan fingerprint density at radius 3 is 2.79 bits per heavy atom. The molecule has 7 heteroatoms. The summed E-state index contributed by atoms with van der Waals surface area (Å²) in [5.74, 6) is -0.175. The number of benzene rings is 2. The number of carbonyl (C=O) groups excluding carboxylic acids is 1. The predicted octanol–water partition coefficient (Wildman–Crippen LogP) is 5.97. The highest BCUT2D eigenvalue weighted by Crippen LogP contribution is 2.28. The van der Waals surface area contributed by atoms with E-state index in [2.05, 4.69) is 81.1 Å². The average molecular weight is 562 g/mol. The highest BCUT2D eigenvalue weighted by atomic mass is 127. The van der Waals surface area contributed by atoms with Gasteiger partial charge in [0.25, 0.3) is 0 Å². The number of halogens is 2. The number of furan rings is 1. The Labute approximate surface area is 190 Å². The van der Waals surface area contributed by atoms with Crippen molar-refractivity contribution in [3.63, 3.8) is 0 Å². The summed E-state index contributed by atoms with van der Waals surface area (Å²) >= 11 is 5.64. The zero-order chi connectivity index (χ0) is 20.5. The smallest absolute Gasteiger partial charge is 0.307 e. The van der Waals surface area contributed by atoms with Crippen LogP contribution in [0.15, 0.2) is 68.7 Å². The monoisotopic (exact) mass is 561 g/mol. The van der Waals surface area contributed by atoms with E-state index in [1.54, 1.807) is 12.3 Å². The maximum atomic E-state index is 12.4. The van der Waals surface area contributed by atoms with Crippen LogP contribution >= 0.6 is 38.5 Å². The van der Waals surface area contributed by atoms with Gasteiger partial charge in [0.2, 0.25) is 0 Å². The third kappa shape index (κ3) is 4.16. The number of rotatable bonds is 4. The molecule has 146 valence electrons. The van der Waals surface area contributed by atoms with Crippen LogP contribution in [0, 0.1) is 17.4 Å². The molecule has 0 atom stereocenters. The number of carbonyl (C=O) groups is 1. The molecule has 0 aliphatic heterocycles. The molecular weight excluding hydrogens is 545 g/mol. The van der Waals surface area contributed by atoms with Crippen LogP contribution in [0.3, 0.4) is 0 Å². The summed E-state index contributed by atoms with van der Waals surface area (Å²) < 4.78 is 9.59. The molecule has 2 heterocycles. The topological polar surface area (TPSA) is 59.5 Å². The minimum Gasteiger partial charge on any atom is -0.450 e. The van der Waals surface area contributed by atoms with Crippen LogP contribution in [0.5, 0.6) is 0 Å². The Balaban J connectivity index is 1.53. The molecule has 0 aliphatic rings. The van der Waals surface area contributed by atoms with Crippen molar-refractivity contribution in [2.75, 3.05) is 0 Å². The van der Waals surface area contributed by atoms with Gasteiger partial charge in [0.1, 0.15) is 5.58 Å². The number of hydrogen-bond donors (Lipinski definition) is 1. The lowest BCUT2D eigenvalue weighted by Gasteiger charge is -2.09. The van der Waals surface area contributed by atoms with E-state index >= 15 is 0 Å². The van der Waals surface area contributed by atoms with Gasteiger partial charge in [0.05, 0.1) is 15.5 Å². The third-order valence-electron chi connectivity index (χ3n) is 4.67. The number of amides is 1. The van der Waals surface area contributed by atoms with E-state index in [1.165, 1.54) is 11.1 Å². The van der Waals surface area contributed by atoms with Crippen molar-refractivity contribution in [3.8, 4) is 5.69 Å². The number of aryl methyl sites for hydroxylation is 2. The van der Waals surface area contributed by atoms with Gasteiger partial charge in [-0.1, -0.05) is 22.0 Å². The largest absolute Gasteiger partial charge is 0.450 e. The Morgan fingerprint density at radius 2 is 2.00 bits per heavy atom. The molecule has 1 N–H and O–H groups in total. The molecule has 29 heavy (non-hydrogen) atoms. The summed E-state index contributed by atoms with van der Waals surface area (Å²) in [6.45, 7) is 4.17.